The van der Waals surface area contributed by atoms with Gasteiger partial charge in [-0.05, 0) is 30.0 Å². The van der Waals surface area contributed by atoms with Crippen molar-refractivity contribution in [2.75, 3.05) is 13.1 Å². The SMILES string of the molecule is CC1CN(S(=O)(=O)c2ccc(CN)cc2Cl)CCC1O. The molecule has 0 radical (unpaired) electrons. The summed E-state index contributed by atoms with van der Waals surface area (Å²) in [4.78, 5) is 0.0972. The van der Waals surface area contributed by atoms with Crippen LogP contribution in [0.15, 0.2) is 23.1 Å². The minimum Gasteiger partial charge on any atom is -0.393 e. The molecule has 5 nitrogen and oxygen atoms in total. The third kappa shape index (κ3) is 2.99. The van der Waals surface area contributed by atoms with Crippen LogP contribution in [0.1, 0.15) is 18.9 Å². The van der Waals surface area contributed by atoms with Crippen LogP contribution in [0.5, 0.6) is 0 Å². The highest BCUT2D eigenvalue weighted by molar-refractivity contribution is 7.89. The predicted octanol–water partition coefficient (Wildman–Crippen LogP) is 1.19. The van der Waals surface area contributed by atoms with Crippen molar-refractivity contribution in [2.45, 2.75) is 30.9 Å². The third-order valence-corrected chi connectivity index (χ3v) is 6.02. The molecule has 1 aliphatic rings. The Hall–Kier alpha value is -0.660. The zero-order valence-electron chi connectivity index (χ0n) is 11.3. The second-order valence-corrected chi connectivity index (χ2v) is 7.48. The molecule has 1 saturated heterocycles. The van der Waals surface area contributed by atoms with E-state index < -0.39 is 16.1 Å². The van der Waals surface area contributed by atoms with Crippen LogP contribution in [-0.2, 0) is 16.6 Å². The molecule has 3 N–H and O–H groups in total. The summed E-state index contributed by atoms with van der Waals surface area (Å²) >= 11 is 6.07. The van der Waals surface area contributed by atoms with E-state index in [-0.39, 0.29) is 15.8 Å². The molecule has 112 valence electrons. The molecule has 0 spiro atoms. The Kier molecular flexibility index (Phi) is 4.71. The molecular weight excluding hydrogens is 300 g/mol. The molecule has 1 aliphatic heterocycles. The summed E-state index contributed by atoms with van der Waals surface area (Å²) in [6.45, 7) is 2.76. The summed E-state index contributed by atoms with van der Waals surface area (Å²) < 4.78 is 26.6. The van der Waals surface area contributed by atoms with Gasteiger partial charge in [0.25, 0.3) is 0 Å². The fourth-order valence-electron chi connectivity index (χ4n) is 2.33. The van der Waals surface area contributed by atoms with E-state index in [2.05, 4.69) is 0 Å². The van der Waals surface area contributed by atoms with Crippen LogP contribution in [-0.4, -0.2) is 37.0 Å². The van der Waals surface area contributed by atoms with E-state index in [4.69, 9.17) is 17.3 Å². The summed E-state index contributed by atoms with van der Waals surface area (Å²) in [7, 11) is -3.62. The molecule has 0 aliphatic carbocycles. The largest absolute Gasteiger partial charge is 0.393 e. The molecule has 20 heavy (non-hydrogen) atoms. The molecular formula is C13H19ClN2O3S. The maximum Gasteiger partial charge on any atom is 0.244 e. The van der Waals surface area contributed by atoms with Crippen LogP contribution < -0.4 is 5.73 Å². The van der Waals surface area contributed by atoms with E-state index in [0.717, 1.165) is 5.56 Å². The zero-order valence-corrected chi connectivity index (χ0v) is 12.9. The van der Waals surface area contributed by atoms with Gasteiger partial charge >= 0.3 is 0 Å². The molecule has 1 fully saturated rings. The lowest BCUT2D eigenvalue weighted by Gasteiger charge is -2.33. The summed E-state index contributed by atoms with van der Waals surface area (Å²) in [6, 6.07) is 4.74. The summed E-state index contributed by atoms with van der Waals surface area (Å²) in [5, 5.41) is 9.88. The molecule has 1 aromatic carbocycles. The Labute approximate surface area is 124 Å². The fraction of sp³-hybridized carbons (Fsp3) is 0.538. The lowest BCUT2D eigenvalue weighted by molar-refractivity contribution is 0.0628. The first-order valence-corrected chi connectivity index (χ1v) is 8.34. The molecule has 2 atom stereocenters. The number of sulfonamides is 1. The van der Waals surface area contributed by atoms with Crippen LogP contribution >= 0.6 is 11.6 Å². The van der Waals surface area contributed by atoms with Gasteiger partial charge in [0, 0.05) is 19.6 Å². The molecule has 7 heteroatoms. The third-order valence-electron chi connectivity index (χ3n) is 3.67. The normalized spacial score (nSPS) is 24.8. The topological polar surface area (TPSA) is 83.6 Å². The number of hydrogen-bond donors (Lipinski definition) is 2. The lowest BCUT2D eigenvalue weighted by atomic mass is 9.99. The van der Waals surface area contributed by atoms with Gasteiger partial charge in [0.15, 0.2) is 0 Å². The van der Waals surface area contributed by atoms with E-state index in [0.29, 0.717) is 26.1 Å². The van der Waals surface area contributed by atoms with E-state index in [9.17, 15) is 13.5 Å². The average molecular weight is 319 g/mol. The van der Waals surface area contributed by atoms with Crippen molar-refractivity contribution in [3.05, 3.63) is 28.8 Å². The number of benzene rings is 1. The fourth-order valence-corrected chi connectivity index (χ4v) is 4.43. The monoisotopic (exact) mass is 318 g/mol. The van der Waals surface area contributed by atoms with Crippen molar-refractivity contribution in [3.8, 4) is 0 Å². The number of aliphatic hydroxyl groups is 1. The Morgan fingerprint density at radius 2 is 2.20 bits per heavy atom. The number of halogens is 1. The van der Waals surface area contributed by atoms with E-state index in [1.165, 1.54) is 10.4 Å². The Bertz CT molecular complexity index is 591. The molecule has 1 heterocycles. The van der Waals surface area contributed by atoms with Crippen molar-refractivity contribution < 1.29 is 13.5 Å². The van der Waals surface area contributed by atoms with Crippen molar-refractivity contribution >= 4 is 21.6 Å². The van der Waals surface area contributed by atoms with E-state index in [1.54, 1.807) is 12.1 Å². The molecule has 0 aromatic heterocycles. The van der Waals surface area contributed by atoms with Crippen LogP contribution in [0.2, 0.25) is 5.02 Å². The predicted molar refractivity (Wildman–Crippen MR) is 77.9 cm³/mol. The number of piperidine rings is 1. The van der Waals surface area contributed by atoms with Gasteiger partial charge in [-0.15, -0.1) is 0 Å². The lowest BCUT2D eigenvalue weighted by Crippen LogP contribution is -2.44. The number of rotatable bonds is 3. The van der Waals surface area contributed by atoms with Crippen molar-refractivity contribution in [2.24, 2.45) is 11.7 Å². The van der Waals surface area contributed by atoms with Gasteiger partial charge in [0.2, 0.25) is 10.0 Å². The van der Waals surface area contributed by atoms with Gasteiger partial charge in [-0.3, -0.25) is 0 Å². The smallest absolute Gasteiger partial charge is 0.244 e. The first-order chi connectivity index (χ1) is 9.36. The van der Waals surface area contributed by atoms with Crippen molar-refractivity contribution in [1.82, 2.24) is 4.31 Å². The highest BCUT2D eigenvalue weighted by Gasteiger charge is 2.33. The van der Waals surface area contributed by atoms with E-state index >= 15 is 0 Å². The molecule has 0 amide bonds. The highest BCUT2D eigenvalue weighted by Crippen LogP contribution is 2.29. The van der Waals surface area contributed by atoms with Crippen LogP contribution in [0.4, 0.5) is 0 Å². The van der Waals surface area contributed by atoms with Gasteiger partial charge in [-0.1, -0.05) is 24.6 Å². The maximum absolute atomic E-state index is 12.6. The molecule has 0 bridgehead atoms. The van der Waals surface area contributed by atoms with Gasteiger partial charge in [-0.2, -0.15) is 4.31 Å². The van der Waals surface area contributed by atoms with Gasteiger partial charge in [0.05, 0.1) is 11.1 Å². The maximum atomic E-state index is 12.6. The summed E-state index contributed by atoms with van der Waals surface area (Å²) in [5.41, 5.74) is 6.30. The molecule has 0 saturated carbocycles. The van der Waals surface area contributed by atoms with Gasteiger partial charge < -0.3 is 10.8 Å². The Balaban J connectivity index is 2.31. The number of hydrogen-bond acceptors (Lipinski definition) is 4. The Morgan fingerprint density at radius 3 is 2.75 bits per heavy atom. The summed E-state index contributed by atoms with van der Waals surface area (Å²) in [6.07, 6.45) is -0.00430. The number of aliphatic hydroxyl groups excluding tert-OH is 1. The number of nitrogens with zero attached hydrogens (tertiary/aromatic N) is 1. The second kappa shape index (κ2) is 5.99. The van der Waals surface area contributed by atoms with Crippen LogP contribution in [0, 0.1) is 5.92 Å². The van der Waals surface area contributed by atoms with E-state index in [1.807, 2.05) is 6.92 Å². The first kappa shape index (κ1) is 15.7. The molecule has 1 aromatic rings. The van der Waals surface area contributed by atoms with Crippen molar-refractivity contribution in [3.63, 3.8) is 0 Å². The average Bonchev–Trinajstić information content (AvgIpc) is 2.41. The van der Waals surface area contributed by atoms with Gasteiger partial charge in [0.1, 0.15) is 4.90 Å². The zero-order chi connectivity index (χ0) is 14.9. The standard InChI is InChI=1S/C13H19ClN2O3S/c1-9-8-16(5-4-12(9)17)20(18,19)13-3-2-10(7-15)6-11(13)14/h2-3,6,9,12,17H,4-5,7-8,15H2,1H3. The highest BCUT2D eigenvalue weighted by atomic mass is 35.5. The minimum atomic E-state index is -3.62. The van der Waals surface area contributed by atoms with Crippen LogP contribution in [0.25, 0.3) is 0 Å². The first-order valence-electron chi connectivity index (χ1n) is 6.53. The molecule has 2 unspecified atom stereocenters. The minimum absolute atomic E-state index is 0.0828. The van der Waals surface area contributed by atoms with Gasteiger partial charge in [-0.25, -0.2) is 8.42 Å². The quantitative estimate of drug-likeness (QED) is 0.877. The summed E-state index contributed by atoms with van der Waals surface area (Å²) in [5.74, 6) is -0.0828. The second-order valence-electron chi connectivity index (χ2n) is 5.17. The van der Waals surface area contributed by atoms with Crippen LogP contribution in [0.3, 0.4) is 0 Å². The Morgan fingerprint density at radius 1 is 1.50 bits per heavy atom. The van der Waals surface area contributed by atoms with Crippen molar-refractivity contribution in [1.29, 1.82) is 0 Å². The molecule has 2 rings (SSSR count). The number of nitrogens with two attached hydrogens (primary N) is 1.